The summed E-state index contributed by atoms with van der Waals surface area (Å²) in [5.74, 6) is 0. The van der Waals surface area contributed by atoms with Gasteiger partial charge in [-0.3, -0.25) is 0 Å². The molecule has 1 heteroatoms. The molecule has 0 atom stereocenters. The molecule has 12 heavy (non-hydrogen) atoms. The fourth-order valence-electron chi connectivity index (χ4n) is 2.01. The SMILES string of the molecule is CC[Si](C=C(C)C)(CC)C(C)C. The first kappa shape index (κ1) is 12.0. The van der Waals surface area contributed by atoms with Gasteiger partial charge in [0.15, 0.2) is 0 Å². The van der Waals surface area contributed by atoms with Crippen molar-refractivity contribution in [3.8, 4) is 0 Å². The highest BCUT2D eigenvalue weighted by Gasteiger charge is 2.29. The summed E-state index contributed by atoms with van der Waals surface area (Å²) in [7, 11) is -1.05. The van der Waals surface area contributed by atoms with E-state index < -0.39 is 8.07 Å². The summed E-state index contributed by atoms with van der Waals surface area (Å²) in [5, 5.41) is 0. The summed E-state index contributed by atoms with van der Waals surface area (Å²) in [4.78, 5) is 0. The molecule has 0 radical (unpaired) electrons. The van der Waals surface area contributed by atoms with E-state index in [9.17, 15) is 0 Å². The fourth-order valence-corrected chi connectivity index (χ4v) is 6.04. The van der Waals surface area contributed by atoms with Gasteiger partial charge in [0.25, 0.3) is 0 Å². The Morgan fingerprint density at radius 3 is 1.67 bits per heavy atom. The zero-order valence-electron chi connectivity index (χ0n) is 9.57. The Bertz CT molecular complexity index is 148. The Morgan fingerprint density at radius 1 is 1.17 bits per heavy atom. The first-order chi connectivity index (χ1) is 5.48. The van der Waals surface area contributed by atoms with Crippen LogP contribution in [0.25, 0.3) is 0 Å². The minimum Gasteiger partial charge on any atom is -0.0953 e. The molecule has 0 aliphatic heterocycles. The highest BCUT2D eigenvalue weighted by atomic mass is 28.3. The lowest BCUT2D eigenvalue weighted by Crippen LogP contribution is -2.34. The van der Waals surface area contributed by atoms with Crippen LogP contribution in [0.4, 0.5) is 0 Å². The van der Waals surface area contributed by atoms with Crippen molar-refractivity contribution >= 4 is 8.07 Å². The molecule has 0 aromatic heterocycles. The van der Waals surface area contributed by atoms with Crippen LogP contribution in [0.5, 0.6) is 0 Å². The molecular weight excluding hydrogens is 160 g/mol. The lowest BCUT2D eigenvalue weighted by molar-refractivity contribution is 0.975. The van der Waals surface area contributed by atoms with Gasteiger partial charge >= 0.3 is 0 Å². The zero-order chi connectivity index (χ0) is 9.78. The van der Waals surface area contributed by atoms with E-state index in [1.807, 2.05) is 0 Å². The van der Waals surface area contributed by atoms with Gasteiger partial charge in [0.05, 0.1) is 8.07 Å². The van der Waals surface area contributed by atoms with E-state index in [2.05, 4.69) is 47.2 Å². The predicted octanol–water partition coefficient (Wildman–Crippen LogP) is 4.39. The van der Waals surface area contributed by atoms with Crippen molar-refractivity contribution < 1.29 is 0 Å². The predicted molar refractivity (Wildman–Crippen MR) is 61.2 cm³/mol. The molecule has 0 fully saturated rings. The highest BCUT2D eigenvalue weighted by Crippen LogP contribution is 2.30. The second-order valence-electron chi connectivity index (χ2n) is 4.32. The molecular formula is C11H24Si. The molecule has 0 nitrogen and oxygen atoms in total. The maximum Gasteiger partial charge on any atom is 0.0797 e. The van der Waals surface area contributed by atoms with E-state index in [1.54, 1.807) is 0 Å². The van der Waals surface area contributed by atoms with Crippen molar-refractivity contribution in [1.29, 1.82) is 0 Å². The third-order valence-electron chi connectivity index (χ3n) is 3.04. The Morgan fingerprint density at radius 2 is 1.58 bits per heavy atom. The minimum atomic E-state index is -1.05. The van der Waals surface area contributed by atoms with Gasteiger partial charge in [-0.2, -0.15) is 0 Å². The van der Waals surface area contributed by atoms with Crippen molar-refractivity contribution in [3.63, 3.8) is 0 Å². The van der Waals surface area contributed by atoms with Gasteiger partial charge in [0.2, 0.25) is 0 Å². The molecule has 0 spiro atoms. The summed E-state index contributed by atoms with van der Waals surface area (Å²) in [6.07, 6.45) is 0. The van der Waals surface area contributed by atoms with E-state index in [1.165, 1.54) is 17.7 Å². The van der Waals surface area contributed by atoms with Crippen molar-refractivity contribution in [2.45, 2.75) is 59.2 Å². The van der Waals surface area contributed by atoms with Gasteiger partial charge in [-0.25, -0.2) is 0 Å². The molecule has 0 heterocycles. The van der Waals surface area contributed by atoms with Crippen LogP contribution in [0, 0.1) is 0 Å². The standard InChI is InChI=1S/C11H24Si/c1-7-12(8-2,11(5)6)9-10(3)4/h9,11H,7-8H2,1-6H3. The molecule has 0 aromatic rings. The van der Waals surface area contributed by atoms with Crippen molar-refractivity contribution in [2.24, 2.45) is 0 Å². The van der Waals surface area contributed by atoms with Crippen LogP contribution in [0.2, 0.25) is 17.6 Å². The monoisotopic (exact) mass is 184 g/mol. The summed E-state index contributed by atoms with van der Waals surface area (Å²) < 4.78 is 0. The van der Waals surface area contributed by atoms with Crippen LogP contribution in [-0.2, 0) is 0 Å². The molecule has 0 aliphatic carbocycles. The summed E-state index contributed by atoms with van der Waals surface area (Å²) in [5.41, 5.74) is 5.00. The first-order valence-electron chi connectivity index (χ1n) is 5.14. The zero-order valence-corrected chi connectivity index (χ0v) is 10.6. The second kappa shape index (κ2) is 4.86. The molecule has 0 aliphatic rings. The smallest absolute Gasteiger partial charge is 0.0797 e. The number of allylic oxidation sites excluding steroid dienone is 1. The van der Waals surface area contributed by atoms with Gasteiger partial charge in [0, 0.05) is 0 Å². The van der Waals surface area contributed by atoms with E-state index in [0.717, 1.165) is 5.54 Å². The summed E-state index contributed by atoms with van der Waals surface area (Å²) in [6.45, 7) is 14.0. The van der Waals surface area contributed by atoms with E-state index in [4.69, 9.17) is 0 Å². The summed E-state index contributed by atoms with van der Waals surface area (Å²) in [6, 6.07) is 2.79. The van der Waals surface area contributed by atoms with E-state index in [-0.39, 0.29) is 0 Å². The Hall–Kier alpha value is -0.0431. The average Bonchev–Trinajstić information content (AvgIpc) is 1.99. The first-order valence-corrected chi connectivity index (χ1v) is 7.71. The fraction of sp³-hybridized carbons (Fsp3) is 0.818. The largest absolute Gasteiger partial charge is 0.0953 e. The molecule has 0 rings (SSSR count). The normalized spacial score (nSPS) is 11.9. The maximum atomic E-state index is 2.59. The average molecular weight is 184 g/mol. The molecule has 0 saturated carbocycles. The third kappa shape index (κ3) is 2.78. The van der Waals surface area contributed by atoms with Gasteiger partial charge in [0.1, 0.15) is 0 Å². The van der Waals surface area contributed by atoms with Crippen molar-refractivity contribution in [1.82, 2.24) is 0 Å². The molecule has 72 valence electrons. The molecule has 0 bridgehead atoms. The number of rotatable bonds is 4. The molecule has 0 N–H and O–H groups in total. The minimum absolute atomic E-state index is 0.891. The Balaban J connectivity index is 4.70. The summed E-state index contributed by atoms with van der Waals surface area (Å²) >= 11 is 0. The van der Waals surface area contributed by atoms with Crippen molar-refractivity contribution in [2.75, 3.05) is 0 Å². The number of hydrogen-bond acceptors (Lipinski definition) is 0. The Labute approximate surface area is 79.1 Å². The lowest BCUT2D eigenvalue weighted by atomic mass is 10.4. The van der Waals surface area contributed by atoms with Crippen LogP contribution >= 0.6 is 0 Å². The highest BCUT2D eigenvalue weighted by molar-refractivity contribution is 6.85. The topological polar surface area (TPSA) is 0 Å². The second-order valence-corrected chi connectivity index (χ2v) is 9.64. The van der Waals surface area contributed by atoms with Crippen molar-refractivity contribution in [3.05, 3.63) is 11.3 Å². The van der Waals surface area contributed by atoms with Crippen LogP contribution < -0.4 is 0 Å². The van der Waals surface area contributed by atoms with Gasteiger partial charge < -0.3 is 0 Å². The van der Waals surface area contributed by atoms with Gasteiger partial charge in [-0.1, -0.05) is 51.1 Å². The molecule has 0 saturated heterocycles. The van der Waals surface area contributed by atoms with Crippen LogP contribution in [0.1, 0.15) is 41.5 Å². The maximum absolute atomic E-state index is 2.59. The van der Waals surface area contributed by atoms with Crippen LogP contribution in [0.15, 0.2) is 11.3 Å². The van der Waals surface area contributed by atoms with Gasteiger partial charge in [-0.05, 0) is 19.4 Å². The van der Waals surface area contributed by atoms with E-state index in [0.29, 0.717) is 0 Å². The third-order valence-corrected chi connectivity index (χ3v) is 9.13. The Kier molecular flexibility index (Phi) is 4.84. The van der Waals surface area contributed by atoms with Crippen LogP contribution in [-0.4, -0.2) is 8.07 Å². The molecule has 0 unspecified atom stereocenters. The van der Waals surface area contributed by atoms with E-state index >= 15 is 0 Å². The molecule has 0 amide bonds. The van der Waals surface area contributed by atoms with Crippen LogP contribution in [0.3, 0.4) is 0 Å². The van der Waals surface area contributed by atoms with Gasteiger partial charge in [-0.15, -0.1) is 0 Å². The molecule has 0 aromatic carbocycles. The lowest BCUT2D eigenvalue weighted by Gasteiger charge is -2.30. The quantitative estimate of drug-likeness (QED) is 0.568. The number of hydrogen-bond donors (Lipinski definition) is 0.